The molecule has 50 valence electrons. The van der Waals surface area contributed by atoms with E-state index in [0.29, 0.717) is 0 Å². The fourth-order valence-corrected chi connectivity index (χ4v) is 1.26. The van der Waals surface area contributed by atoms with Crippen LogP contribution in [-0.2, 0) is 9.53 Å². The average molecular weight is 129 g/mol. The lowest BCUT2D eigenvalue weighted by Crippen LogP contribution is -2.37. The third-order valence-corrected chi connectivity index (χ3v) is 1.84. The van der Waals surface area contributed by atoms with Gasteiger partial charge in [-0.05, 0) is 6.42 Å². The summed E-state index contributed by atoms with van der Waals surface area (Å²) in [7, 11) is 0. The zero-order valence-electron chi connectivity index (χ0n) is 4.76. The fourth-order valence-electron chi connectivity index (χ4n) is 1.26. The molecular formula is C5H7NO3. The van der Waals surface area contributed by atoms with Crippen molar-refractivity contribution >= 4 is 5.97 Å². The summed E-state index contributed by atoms with van der Waals surface area (Å²) in [6.07, 6.45) is 0.766. The summed E-state index contributed by atoms with van der Waals surface area (Å²) in [4.78, 5) is 10.4. The van der Waals surface area contributed by atoms with Crippen molar-refractivity contribution in [1.82, 2.24) is 5.32 Å². The van der Waals surface area contributed by atoms with Crippen LogP contribution < -0.4 is 5.32 Å². The highest BCUT2D eigenvalue weighted by molar-refractivity contribution is 5.81. The van der Waals surface area contributed by atoms with Crippen molar-refractivity contribution < 1.29 is 14.6 Å². The molecule has 0 aromatic heterocycles. The van der Waals surface area contributed by atoms with E-state index in [0.717, 1.165) is 13.0 Å². The molecule has 0 spiro atoms. The number of carbonyl (C=O) groups is 1. The van der Waals surface area contributed by atoms with Gasteiger partial charge in [-0.1, -0.05) is 0 Å². The van der Waals surface area contributed by atoms with Crippen LogP contribution in [0.5, 0.6) is 0 Å². The highest BCUT2D eigenvalue weighted by Crippen LogP contribution is 2.40. The van der Waals surface area contributed by atoms with Crippen LogP contribution >= 0.6 is 0 Å². The highest BCUT2D eigenvalue weighted by Gasteiger charge is 2.66. The van der Waals surface area contributed by atoms with E-state index in [1.54, 1.807) is 0 Å². The molecule has 0 bridgehead atoms. The van der Waals surface area contributed by atoms with E-state index in [2.05, 4.69) is 5.32 Å². The Morgan fingerprint density at radius 1 is 1.89 bits per heavy atom. The van der Waals surface area contributed by atoms with E-state index in [4.69, 9.17) is 9.84 Å². The lowest BCUT2D eigenvalue weighted by Gasteiger charge is -2.01. The van der Waals surface area contributed by atoms with Gasteiger partial charge in [0, 0.05) is 6.54 Å². The minimum absolute atomic E-state index is 0.0602. The summed E-state index contributed by atoms with van der Waals surface area (Å²) in [5.74, 6) is -0.884. The first-order valence-electron chi connectivity index (χ1n) is 2.92. The lowest BCUT2D eigenvalue weighted by molar-refractivity contribution is -0.144. The van der Waals surface area contributed by atoms with E-state index in [1.165, 1.54) is 0 Å². The van der Waals surface area contributed by atoms with Gasteiger partial charge in [0.1, 0.15) is 6.10 Å². The first-order chi connectivity index (χ1) is 4.26. The Labute approximate surface area is 51.8 Å². The molecule has 4 heteroatoms. The largest absolute Gasteiger partial charge is 0.478 e. The minimum Gasteiger partial charge on any atom is -0.478 e. The number of nitrogens with one attached hydrogen (secondary N) is 1. The number of carboxylic acid groups (broad SMARTS) is 1. The Hall–Kier alpha value is -0.610. The van der Waals surface area contributed by atoms with Crippen molar-refractivity contribution in [3.63, 3.8) is 0 Å². The monoisotopic (exact) mass is 129 g/mol. The molecule has 0 saturated carbocycles. The normalized spacial score (nSPS) is 46.4. The van der Waals surface area contributed by atoms with Crippen molar-refractivity contribution in [1.29, 1.82) is 0 Å². The second-order valence-electron chi connectivity index (χ2n) is 2.36. The summed E-state index contributed by atoms with van der Waals surface area (Å²) < 4.78 is 4.89. The molecule has 0 aromatic carbocycles. The maximum atomic E-state index is 10.4. The first kappa shape index (κ1) is 5.20. The molecule has 2 heterocycles. The third kappa shape index (κ3) is 0.469. The molecule has 2 rings (SSSR count). The molecule has 0 aromatic rings. The second kappa shape index (κ2) is 1.27. The Morgan fingerprint density at radius 2 is 2.67 bits per heavy atom. The third-order valence-electron chi connectivity index (χ3n) is 1.84. The van der Waals surface area contributed by atoms with Crippen LogP contribution in [0.4, 0.5) is 0 Å². The van der Waals surface area contributed by atoms with Gasteiger partial charge >= 0.3 is 5.97 Å². The van der Waals surface area contributed by atoms with Gasteiger partial charge in [-0.15, -0.1) is 0 Å². The number of hydrogen-bond donors (Lipinski definition) is 2. The number of epoxide rings is 1. The van der Waals surface area contributed by atoms with Crippen LogP contribution in [0.1, 0.15) is 6.42 Å². The van der Waals surface area contributed by atoms with Crippen LogP contribution in [0, 0.1) is 0 Å². The van der Waals surface area contributed by atoms with E-state index < -0.39 is 11.7 Å². The molecular weight excluding hydrogens is 122 g/mol. The van der Waals surface area contributed by atoms with Gasteiger partial charge in [-0.2, -0.15) is 0 Å². The predicted molar refractivity (Wildman–Crippen MR) is 27.9 cm³/mol. The van der Waals surface area contributed by atoms with E-state index in [1.807, 2.05) is 0 Å². The van der Waals surface area contributed by atoms with Crippen molar-refractivity contribution in [3.05, 3.63) is 0 Å². The lowest BCUT2D eigenvalue weighted by atomic mass is 10.2. The molecule has 2 N–H and O–H groups in total. The maximum absolute atomic E-state index is 10.4. The number of carboxylic acids is 1. The summed E-state index contributed by atoms with van der Waals surface area (Å²) in [5.41, 5.74) is -0.972. The van der Waals surface area contributed by atoms with Gasteiger partial charge in [0.05, 0.1) is 0 Å². The molecule has 1 unspecified atom stereocenters. The van der Waals surface area contributed by atoms with Crippen molar-refractivity contribution in [2.24, 2.45) is 0 Å². The zero-order chi connectivity index (χ0) is 6.48. The van der Waals surface area contributed by atoms with Gasteiger partial charge < -0.3 is 9.84 Å². The van der Waals surface area contributed by atoms with Crippen molar-refractivity contribution in [2.75, 3.05) is 6.54 Å². The number of fused-ring (bicyclic) bond motifs is 1. The molecule has 0 aliphatic carbocycles. The topological polar surface area (TPSA) is 61.9 Å². The molecule has 4 nitrogen and oxygen atoms in total. The average Bonchev–Trinajstić information content (AvgIpc) is 2.38. The standard InChI is InChI=1S/C5H7NO3/c7-4(8)5-3(9-5)1-2-6-5/h3,6H,1-2H2,(H,7,8)/t3?,5-/m1/s1. The molecule has 9 heavy (non-hydrogen) atoms. The zero-order valence-corrected chi connectivity index (χ0v) is 4.76. The Morgan fingerprint density at radius 3 is 2.89 bits per heavy atom. The summed E-state index contributed by atoms with van der Waals surface area (Å²) in [6.45, 7) is 0.761. The second-order valence-corrected chi connectivity index (χ2v) is 2.36. The molecule has 0 amide bonds. The number of rotatable bonds is 1. The van der Waals surface area contributed by atoms with Crippen molar-refractivity contribution in [3.8, 4) is 0 Å². The van der Waals surface area contributed by atoms with Gasteiger partial charge in [0.15, 0.2) is 0 Å². The molecule has 2 aliphatic rings. The summed E-state index contributed by atoms with van der Waals surface area (Å²) >= 11 is 0. The Kier molecular flexibility index (Phi) is 0.736. The van der Waals surface area contributed by atoms with Gasteiger partial charge in [0.2, 0.25) is 5.72 Å². The van der Waals surface area contributed by atoms with E-state index in [-0.39, 0.29) is 6.10 Å². The number of ether oxygens (including phenoxy) is 1. The molecule has 2 aliphatic heterocycles. The minimum atomic E-state index is -0.972. The van der Waals surface area contributed by atoms with Crippen LogP contribution in [0.3, 0.4) is 0 Å². The quantitative estimate of drug-likeness (QED) is 0.453. The van der Waals surface area contributed by atoms with E-state index >= 15 is 0 Å². The van der Waals surface area contributed by atoms with Crippen LogP contribution in [0.15, 0.2) is 0 Å². The smallest absolute Gasteiger partial charge is 0.354 e. The molecule has 2 fully saturated rings. The summed E-state index contributed by atoms with van der Waals surface area (Å²) in [6, 6.07) is 0. The van der Waals surface area contributed by atoms with Gasteiger partial charge in [-0.25, -0.2) is 4.79 Å². The van der Waals surface area contributed by atoms with Crippen LogP contribution in [-0.4, -0.2) is 29.4 Å². The fraction of sp³-hybridized carbons (Fsp3) is 0.800. The SMILES string of the molecule is O=C(O)[C@@]12NCCC1O2. The van der Waals surface area contributed by atoms with Gasteiger partial charge in [0.25, 0.3) is 0 Å². The molecule has 2 atom stereocenters. The summed E-state index contributed by atoms with van der Waals surface area (Å²) in [5, 5.41) is 11.3. The van der Waals surface area contributed by atoms with Gasteiger partial charge in [-0.3, -0.25) is 5.32 Å². The van der Waals surface area contributed by atoms with Crippen LogP contribution in [0.2, 0.25) is 0 Å². The number of hydrogen-bond acceptors (Lipinski definition) is 3. The van der Waals surface area contributed by atoms with Crippen molar-refractivity contribution in [2.45, 2.75) is 18.2 Å². The van der Waals surface area contributed by atoms with E-state index in [9.17, 15) is 4.79 Å². The Balaban J connectivity index is 2.19. The van der Waals surface area contributed by atoms with Crippen LogP contribution in [0.25, 0.3) is 0 Å². The maximum Gasteiger partial charge on any atom is 0.354 e. The molecule has 0 radical (unpaired) electrons. The predicted octanol–water partition coefficient (Wildman–Crippen LogP) is -0.841. The Bertz CT molecular complexity index is 170. The number of aliphatic carboxylic acids is 1. The highest BCUT2D eigenvalue weighted by atomic mass is 16.7. The molecule has 2 saturated heterocycles. The first-order valence-corrected chi connectivity index (χ1v) is 2.92.